The first kappa shape index (κ1) is 6.03. The number of rotatable bonds is 0. The first-order valence-electron chi connectivity index (χ1n) is 2.21. The van der Waals surface area contributed by atoms with Gasteiger partial charge >= 0.3 is 0 Å². The van der Waals surface area contributed by atoms with Crippen molar-refractivity contribution in [1.82, 2.24) is 9.97 Å². The van der Waals surface area contributed by atoms with Crippen molar-refractivity contribution in [3.63, 3.8) is 0 Å². The standard InChI is InChI=1S/C4H4N2O2S/c7-9(8)4-1-2-5-3-6-4/h1-3H,(H,5,6). The van der Waals surface area contributed by atoms with E-state index in [1.54, 1.807) is 0 Å². The number of hydrogen-bond acceptors (Lipinski definition) is 3. The van der Waals surface area contributed by atoms with E-state index in [0.717, 1.165) is 0 Å². The van der Waals surface area contributed by atoms with Crippen LogP contribution in [0.25, 0.3) is 0 Å². The maximum atomic E-state index is 10.1. The second-order valence-corrected chi connectivity index (χ2v) is 2.25. The molecule has 0 spiro atoms. The minimum atomic E-state index is -2.17. The molecule has 0 aliphatic heterocycles. The van der Waals surface area contributed by atoms with Crippen molar-refractivity contribution >= 4 is 10.3 Å². The Kier molecular flexibility index (Phi) is 1.64. The van der Waals surface area contributed by atoms with Crippen LogP contribution in [0, 0.1) is 4.64 Å². The molecule has 0 aromatic carbocycles. The van der Waals surface area contributed by atoms with Gasteiger partial charge in [0.25, 0.3) is 0 Å². The number of nitrogens with zero attached hydrogens (tertiary/aromatic N) is 1. The lowest BCUT2D eigenvalue weighted by atomic mass is 10.7. The zero-order valence-electron chi connectivity index (χ0n) is 4.40. The molecule has 0 saturated heterocycles. The Labute approximate surface area is 52.7 Å². The van der Waals surface area contributed by atoms with Gasteiger partial charge in [0.2, 0.25) is 10.3 Å². The van der Waals surface area contributed by atoms with E-state index in [-0.39, 0.29) is 4.64 Å². The summed E-state index contributed by atoms with van der Waals surface area (Å²) in [7, 11) is -2.17. The predicted octanol–water partition coefficient (Wildman–Crippen LogP) is -0.179. The van der Waals surface area contributed by atoms with Crippen molar-refractivity contribution in [3.8, 4) is 0 Å². The smallest absolute Gasteiger partial charge is 0.238 e. The molecule has 0 aliphatic carbocycles. The van der Waals surface area contributed by atoms with Gasteiger partial charge in [0.1, 0.15) is 0 Å². The van der Waals surface area contributed by atoms with Crippen LogP contribution in [0.3, 0.4) is 0 Å². The van der Waals surface area contributed by atoms with Crippen LogP contribution < -0.4 is 0 Å². The molecule has 0 aliphatic rings. The molecule has 0 fully saturated rings. The molecule has 48 valence electrons. The van der Waals surface area contributed by atoms with Gasteiger partial charge in [-0.05, 0) is 6.07 Å². The van der Waals surface area contributed by atoms with Crippen LogP contribution >= 0.6 is 0 Å². The Bertz CT molecular complexity index is 325. The molecule has 5 heteroatoms. The lowest BCUT2D eigenvalue weighted by molar-refractivity contribution is 0.624. The normalized spacial score (nSPS) is 8.89. The van der Waals surface area contributed by atoms with Crippen LogP contribution in [0.2, 0.25) is 0 Å². The van der Waals surface area contributed by atoms with Gasteiger partial charge in [0.05, 0.1) is 6.33 Å². The summed E-state index contributed by atoms with van der Waals surface area (Å²) in [6.45, 7) is 0. The zero-order valence-corrected chi connectivity index (χ0v) is 5.22. The third-order valence-electron chi connectivity index (χ3n) is 0.773. The third-order valence-corrected chi connectivity index (χ3v) is 1.39. The van der Waals surface area contributed by atoms with Crippen LogP contribution in [0.1, 0.15) is 0 Å². The van der Waals surface area contributed by atoms with Crippen LogP contribution in [0.15, 0.2) is 18.6 Å². The molecular formula is C4H4N2O2S. The second kappa shape index (κ2) is 2.45. The molecule has 0 saturated carbocycles. The van der Waals surface area contributed by atoms with Gasteiger partial charge in [-0.2, -0.15) is 8.42 Å². The Morgan fingerprint density at radius 2 is 2.33 bits per heavy atom. The van der Waals surface area contributed by atoms with Crippen molar-refractivity contribution in [2.75, 3.05) is 0 Å². The van der Waals surface area contributed by atoms with Crippen molar-refractivity contribution in [2.24, 2.45) is 0 Å². The van der Waals surface area contributed by atoms with Gasteiger partial charge in [-0.3, -0.25) is 0 Å². The summed E-state index contributed by atoms with van der Waals surface area (Å²) < 4.78 is 20.4. The van der Waals surface area contributed by atoms with Crippen LogP contribution in [-0.2, 0) is 10.3 Å². The molecule has 1 N–H and O–H groups in total. The molecular weight excluding hydrogens is 140 g/mol. The van der Waals surface area contributed by atoms with Gasteiger partial charge in [0, 0.05) is 6.20 Å². The first-order chi connectivity index (χ1) is 4.30. The van der Waals surface area contributed by atoms with E-state index < -0.39 is 10.3 Å². The van der Waals surface area contributed by atoms with Gasteiger partial charge < -0.3 is 4.98 Å². The summed E-state index contributed by atoms with van der Waals surface area (Å²) in [4.78, 5) is 6.04. The van der Waals surface area contributed by atoms with Gasteiger partial charge in [-0.25, -0.2) is 4.98 Å². The van der Waals surface area contributed by atoms with E-state index in [0.29, 0.717) is 0 Å². The molecule has 0 unspecified atom stereocenters. The quantitative estimate of drug-likeness (QED) is 0.514. The molecule has 1 heterocycles. The minimum absolute atomic E-state index is 0.144. The molecule has 1 aromatic heterocycles. The lowest BCUT2D eigenvalue weighted by Gasteiger charge is -1.76. The number of H-pyrrole nitrogens is 1. The predicted molar refractivity (Wildman–Crippen MR) is 30.8 cm³/mol. The zero-order chi connectivity index (χ0) is 6.69. The third kappa shape index (κ3) is 1.39. The fraction of sp³-hybridized carbons (Fsp3) is 0. The summed E-state index contributed by atoms with van der Waals surface area (Å²) in [5.41, 5.74) is 0. The fourth-order valence-corrected chi connectivity index (χ4v) is 0.727. The van der Waals surface area contributed by atoms with E-state index in [9.17, 15) is 8.42 Å². The molecule has 0 radical (unpaired) electrons. The summed E-state index contributed by atoms with van der Waals surface area (Å²) >= 11 is 0. The summed E-state index contributed by atoms with van der Waals surface area (Å²) in [6, 6.07) is 1.38. The van der Waals surface area contributed by atoms with Gasteiger partial charge in [0.15, 0.2) is 4.64 Å². The highest BCUT2D eigenvalue weighted by molar-refractivity contribution is 7.63. The first-order valence-corrected chi connectivity index (χ1v) is 3.29. The van der Waals surface area contributed by atoms with Crippen molar-refractivity contribution in [3.05, 3.63) is 23.2 Å². The molecule has 0 amide bonds. The molecule has 9 heavy (non-hydrogen) atoms. The fourth-order valence-electron chi connectivity index (χ4n) is 0.406. The van der Waals surface area contributed by atoms with Gasteiger partial charge in [-0.1, -0.05) is 0 Å². The van der Waals surface area contributed by atoms with Crippen LogP contribution in [-0.4, -0.2) is 18.4 Å². The second-order valence-electron chi connectivity index (χ2n) is 1.34. The highest BCUT2D eigenvalue weighted by Gasteiger charge is 1.75. The van der Waals surface area contributed by atoms with E-state index in [1.165, 1.54) is 18.6 Å². The summed E-state index contributed by atoms with van der Waals surface area (Å²) in [5.74, 6) is 0. The Hall–Kier alpha value is -1.10. The maximum absolute atomic E-state index is 10.1. The van der Waals surface area contributed by atoms with Crippen molar-refractivity contribution in [1.29, 1.82) is 0 Å². The van der Waals surface area contributed by atoms with Crippen LogP contribution in [0.5, 0.6) is 0 Å². The molecule has 4 nitrogen and oxygen atoms in total. The largest absolute Gasteiger partial charge is 0.334 e. The van der Waals surface area contributed by atoms with Crippen molar-refractivity contribution in [2.45, 2.75) is 0 Å². The SMILES string of the molecule is O=S(=O)=c1ccnc[nH]1. The molecule has 0 bridgehead atoms. The highest BCUT2D eigenvalue weighted by Crippen LogP contribution is 1.74. The summed E-state index contributed by atoms with van der Waals surface area (Å²) in [6.07, 6.45) is 2.72. The highest BCUT2D eigenvalue weighted by atomic mass is 32.2. The minimum Gasteiger partial charge on any atom is -0.334 e. The Morgan fingerprint density at radius 1 is 1.56 bits per heavy atom. The van der Waals surface area contributed by atoms with Gasteiger partial charge in [-0.15, -0.1) is 0 Å². The van der Waals surface area contributed by atoms with E-state index >= 15 is 0 Å². The van der Waals surface area contributed by atoms with Crippen LogP contribution in [0.4, 0.5) is 0 Å². The Balaban J connectivity index is 3.67. The Morgan fingerprint density at radius 3 is 2.67 bits per heavy atom. The monoisotopic (exact) mass is 144 g/mol. The molecule has 1 aromatic rings. The topological polar surface area (TPSA) is 62.8 Å². The van der Waals surface area contributed by atoms with E-state index in [2.05, 4.69) is 9.97 Å². The number of nitrogens with one attached hydrogen (secondary N) is 1. The number of hydrogen-bond donors (Lipinski definition) is 1. The van der Waals surface area contributed by atoms with Crippen molar-refractivity contribution < 1.29 is 8.42 Å². The average molecular weight is 144 g/mol. The maximum Gasteiger partial charge on any atom is 0.238 e. The summed E-state index contributed by atoms with van der Waals surface area (Å²) in [5, 5.41) is 0. The number of aromatic nitrogens is 2. The molecule has 0 atom stereocenters. The van der Waals surface area contributed by atoms with E-state index in [1.807, 2.05) is 0 Å². The van der Waals surface area contributed by atoms with E-state index in [4.69, 9.17) is 0 Å². The number of aromatic amines is 1. The lowest BCUT2D eigenvalue weighted by Crippen LogP contribution is -1.76. The molecule has 1 rings (SSSR count). The average Bonchev–Trinajstić information content (AvgIpc) is 1.90.